The van der Waals surface area contributed by atoms with Crippen LogP contribution in [0.25, 0.3) is 0 Å². The Kier molecular flexibility index (Phi) is 1.26. The Bertz CT molecular complexity index is 264. The van der Waals surface area contributed by atoms with E-state index in [1.165, 1.54) is 0 Å². The Hall–Kier alpha value is -0.900. The van der Waals surface area contributed by atoms with Gasteiger partial charge < -0.3 is 5.11 Å². The summed E-state index contributed by atoms with van der Waals surface area (Å²) in [6.45, 7) is 0.200. The van der Waals surface area contributed by atoms with Crippen molar-refractivity contribution >= 4 is 0 Å². The molecule has 2 rings (SSSR count). The van der Waals surface area contributed by atoms with Crippen molar-refractivity contribution in [1.29, 1.82) is 0 Å². The zero-order chi connectivity index (χ0) is 7.90. The second kappa shape index (κ2) is 2.04. The lowest BCUT2D eigenvalue weighted by molar-refractivity contribution is 0.252. The molecule has 0 saturated heterocycles. The lowest BCUT2D eigenvalue weighted by Crippen LogP contribution is -2.12. The summed E-state index contributed by atoms with van der Waals surface area (Å²) in [5.41, 5.74) is 0.899. The van der Waals surface area contributed by atoms with Crippen LogP contribution in [0, 0.1) is 0 Å². The average Bonchev–Trinajstić information content (AvgIpc) is 2.70. The molecule has 11 heavy (non-hydrogen) atoms. The molecule has 1 aromatic heterocycles. The Morgan fingerprint density at radius 3 is 2.82 bits per heavy atom. The van der Waals surface area contributed by atoms with Crippen molar-refractivity contribution in [3.8, 4) is 0 Å². The van der Waals surface area contributed by atoms with E-state index >= 15 is 0 Å². The first-order chi connectivity index (χ1) is 5.27. The second-order valence-electron chi connectivity index (χ2n) is 3.22. The van der Waals surface area contributed by atoms with Crippen molar-refractivity contribution in [3.63, 3.8) is 0 Å². The molecule has 0 bridgehead atoms. The molecule has 60 valence electrons. The Labute approximate surface area is 64.8 Å². The van der Waals surface area contributed by atoms with Crippen molar-refractivity contribution in [2.45, 2.75) is 18.3 Å². The molecule has 0 spiro atoms. The van der Waals surface area contributed by atoms with Crippen LogP contribution in [-0.4, -0.2) is 26.7 Å². The summed E-state index contributed by atoms with van der Waals surface area (Å²) in [7, 11) is 1.84. The fourth-order valence-electron chi connectivity index (χ4n) is 1.24. The number of nitrogens with zero attached hydrogens (tertiary/aromatic N) is 3. The minimum Gasteiger partial charge on any atom is -0.395 e. The molecule has 1 aliphatic rings. The zero-order valence-electron chi connectivity index (χ0n) is 6.49. The predicted molar refractivity (Wildman–Crippen MR) is 39.0 cm³/mol. The molecular formula is C7H11N3O. The van der Waals surface area contributed by atoms with Crippen molar-refractivity contribution < 1.29 is 5.11 Å². The highest BCUT2D eigenvalue weighted by Gasteiger charge is 2.46. The highest BCUT2D eigenvalue weighted by Crippen LogP contribution is 2.46. The van der Waals surface area contributed by atoms with Crippen LogP contribution in [0.1, 0.15) is 18.5 Å². The summed E-state index contributed by atoms with van der Waals surface area (Å²) in [5, 5.41) is 16.8. The van der Waals surface area contributed by atoms with Crippen LogP contribution < -0.4 is 0 Å². The minimum atomic E-state index is -0.0335. The number of aliphatic hydroxyl groups excluding tert-OH is 1. The largest absolute Gasteiger partial charge is 0.395 e. The van der Waals surface area contributed by atoms with Gasteiger partial charge in [-0.25, -0.2) is 0 Å². The van der Waals surface area contributed by atoms with Crippen molar-refractivity contribution in [3.05, 3.63) is 11.9 Å². The standard InChI is InChI=1S/C7H11N3O/c1-10-4-6(8-9-10)7(5-11)2-3-7/h4,11H,2-3,5H2,1H3. The molecule has 4 nitrogen and oxygen atoms in total. The summed E-state index contributed by atoms with van der Waals surface area (Å²) < 4.78 is 1.67. The zero-order valence-corrected chi connectivity index (χ0v) is 6.49. The maximum Gasteiger partial charge on any atom is 0.0911 e. The van der Waals surface area contributed by atoms with E-state index < -0.39 is 0 Å². The maximum absolute atomic E-state index is 9.04. The van der Waals surface area contributed by atoms with Crippen LogP contribution in [0.15, 0.2) is 6.20 Å². The Morgan fingerprint density at radius 2 is 2.45 bits per heavy atom. The van der Waals surface area contributed by atoms with Crippen LogP contribution in [0.2, 0.25) is 0 Å². The molecule has 1 aromatic rings. The highest BCUT2D eigenvalue weighted by molar-refractivity contribution is 5.21. The van der Waals surface area contributed by atoms with E-state index in [9.17, 15) is 0 Å². The van der Waals surface area contributed by atoms with Gasteiger partial charge in [0.25, 0.3) is 0 Å². The quantitative estimate of drug-likeness (QED) is 0.642. The smallest absolute Gasteiger partial charge is 0.0911 e. The lowest BCUT2D eigenvalue weighted by Gasteiger charge is -2.04. The van der Waals surface area contributed by atoms with Gasteiger partial charge in [0, 0.05) is 18.7 Å². The Morgan fingerprint density at radius 1 is 1.73 bits per heavy atom. The number of hydrogen-bond donors (Lipinski definition) is 1. The number of aliphatic hydroxyl groups is 1. The SMILES string of the molecule is Cn1cc(C2(CO)CC2)nn1. The minimum absolute atomic E-state index is 0.0335. The number of aromatic nitrogens is 3. The van der Waals surface area contributed by atoms with Crippen LogP contribution in [0.5, 0.6) is 0 Å². The van der Waals surface area contributed by atoms with Gasteiger partial charge in [0.15, 0.2) is 0 Å². The van der Waals surface area contributed by atoms with Crippen LogP contribution >= 0.6 is 0 Å². The molecule has 1 heterocycles. The number of hydrogen-bond acceptors (Lipinski definition) is 3. The Balaban J connectivity index is 2.29. The van der Waals surface area contributed by atoms with Gasteiger partial charge in [0.2, 0.25) is 0 Å². The third kappa shape index (κ3) is 0.939. The van der Waals surface area contributed by atoms with Gasteiger partial charge in [-0.1, -0.05) is 5.21 Å². The molecule has 4 heteroatoms. The fraction of sp³-hybridized carbons (Fsp3) is 0.714. The molecule has 0 amide bonds. The molecule has 0 atom stereocenters. The van der Waals surface area contributed by atoms with E-state index in [-0.39, 0.29) is 12.0 Å². The van der Waals surface area contributed by atoms with E-state index in [0.29, 0.717) is 0 Å². The molecule has 0 radical (unpaired) electrons. The van der Waals surface area contributed by atoms with Gasteiger partial charge >= 0.3 is 0 Å². The van der Waals surface area contributed by atoms with Crippen molar-refractivity contribution in [2.24, 2.45) is 7.05 Å². The van der Waals surface area contributed by atoms with E-state index in [2.05, 4.69) is 10.3 Å². The summed E-state index contributed by atoms with van der Waals surface area (Å²) >= 11 is 0. The second-order valence-corrected chi connectivity index (χ2v) is 3.22. The van der Waals surface area contributed by atoms with E-state index in [1.54, 1.807) is 4.68 Å². The monoisotopic (exact) mass is 153 g/mol. The molecule has 1 saturated carbocycles. The lowest BCUT2D eigenvalue weighted by atomic mass is 10.1. The first kappa shape index (κ1) is 6.79. The number of aryl methyl sites for hydroxylation is 1. The van der Waals surface area contributed by atoms with Gasteiger partial charge in [-0.15, -0.1) is 5.10 Å². The van der Waals surface area contributed by atoms with Crippen molar-refractivity contribution in [1.82, 2.24) is 15.0 Å². The summed E-state index contributed by atoms with van der Waals surface area (Å²) in [6.07, 6.45) is 3.97. The fourth-order valence-corrected chi connectivity index (χ4v) is 1.24. The van der Waals surface area contributed by atoms with Gasteiger partial charge in [-0.2, -0.15) is 0 Å². The van der Waals surface area contributed by atoms with Crippen LogP contribution in [0.4, 0.5) is 0 Å². The molecule has 0 unspecified atom stereocenters. The molecule has 1 N–H and O–H groups in total. The van der Waals surface area contributed by atoms with Gasteiger partial charge in [-0.3, -0.25) is 4.68 Å². The van der Waals surface area contributed by atoms with Crippen molar-refractivity contribution in [2.75, 3.05) is 6.61 Å². The van der Waals surface area contributed by atoms with Crippen LogP contribution in [0.3, 0.4) is 0 Å². The molecule has 1 aliphatic carbocycles. The third-order valence-electron chi connectivity index (χ3n) is 2.30. The highest BCUT2D eigenvalue weighted by atomic mass is 16.3. The average molecular weight is 153 g/mol. The van der Waals surface area contributed by atoms with Gasteiger partial charge in [0.1, 0.15) is 0 Å². The maximum atomic E-state index is 9.04. The normalized spacial score (nSPS) is 20.2. The summed E-state index contributed by atoms with van der Waals surface area (Å²) in [5.74, 6) is 0. The summed E-state index contributed by atoms with van der Waals surface area (Å²) in [4.78, 5) is 0. The topological polar surface area (TPSA) is 50.9 Å². The van der Waals surface area contributed by atoms with Crippen LogP contribution in [-0.2, 0) is 12.5 Å². The number of rotatable bonds is 2. The predicted octanol–water partition coefficient (Wildman–Crippen LogP) is -0.161. The van der Waals surface area contributed by atoms with E-state index in [1.807, 2.05) is 13.2 Å². The first-order valence-corrected chi connectivity index (χ1v) is 3.74. The molecular weight excluding hydrogens is 142 g/mol. The first-order valence-electron chi connectivity index (χ1n) is 3.74. The summed E-state index contributed by atoms with van der Waals surface area (Å²) in [6, 6.07) is 0. The molecule has 1 fully saturated rings. The van der Waals surface area contributed by atoms with Gasteiger partial charge in [0.05, 0.1) is 12.3 Å². The van der Waals surface area contributed by atoms with E-state index in [0.717, 1.165) is 18.5 Å². The third-order valence-corrected chi connectivity index (χ3v) is 2.30. The van der Waals surface area contributed by atoms with E-state index in [4.69, 9.17) is 5.11 Å². The van der Waals surface area contributed by atoms with Gasteiger partial charge in [-0.05, 0) is 12.8 Å². The molecule has 0 aromatic carbocycles. The molecule has 0 aliphatic heterocycles.